The van der Waals surface area contributed by atoms with Gasteiger partial charge >= 0.3 is 12.1 Å². The lowest BCUT2D eigenvalue weighted by atomic mass is 9.98. The molecule has 1 aliphatic rings. The predicted octanol–water partition coefficient (Wildman–Crippen LogP) is 3.62. The van der Waals surface area contributed by atoms with Crippen molar-refractivity contribution in [3.63, 3.8) is 0 Å². The van der Waals surface area contributed by atoms with Gasteiger partial charge in [-0.05, 0) is 52.8 Å². The summed E-state index contributed by atoms with van der Waals surface area (Å²) in [6.45, 7) is 4.38. The maximum Gasteiger partial charge on any atom is 0.407 e. The molecule has 2 amide bonds. The van der Waals surface area contributed by atoms with Gasteiger partial charge in [0.2, 0.25) is 5.91 Å². The van der Waals surface area contributed by atoms with Crippen molar-refractivity contribution in [1.82, 2.24) is 16.0 Å². The van der Waals surface area contributed by atoms with Crippen LogP contribution in [-0.4, -0.2) is 62.9 Å². The van der Waals surface area contributed by atoms with Crippen LogP contribution in [0.4, 0.5) is 4.79 Å². The molecule has 0 spiro atoms. The van der Waals surface area contributed by atoms with E-state index in [0.29, 0.717) is 25.3 Å². The lowest BCUT2D eigenvalue weighted by Crippen LogP contribution is -2.52. The number of hydrogen-bond donors (Lipinski definition) is 5. The number of carbonyl (C=O) groups excluding carboxylic acids is 3. The summed E-state index contributed by atoms with van der Waals surface area (Å²) < 4.78 is 16.1. The van der Waals surface area contributed by atoms with Crippen molar-refractivity contribution >= 4 is 23.9 Å². The lowest BCUT2D eigenvalue weighted by molar-refractivity contribution is -0.145. The zero-order valence-electron chi connectivity index (χ0n) is 25.2. The number of rotatable bonds is 15. The van der Waals surface area contributed by atoms with Gasteiger partial charge < -0.3 is 35.9 Å². The van der Waals surface area contributed by atoms with Gasteiger partial charge in [-0.25, -0.2) is 9.59 Å². The Bertz CT molecular complexity index is 1460. The fourth-order valence-corrected chi connectivity index (χ4v) is 5.30. The summed E-state index contributed by atoms with van der Waals surface area (Å²) in [7, 11) is 1.24. The van der Waals surface area contributed by atoms with E-state index in [1.807, 2.05) is 48.5 Å². The number of hydrogen-bond acceptors (Lipinski definition) is 7. The number of nitrogens with two attached hydrogens (primary N) is 1. The van der Waals surface area contributed by atoms with E-state index >= 15 is 0 Å². The molecule has 0 bridgehead atoms. The van der Waals surface area contributed by atoms with Crippen molar-refractivity contribution in [3.8, 4) is 16.9 Å². The number of nitrogens with one attached hydrogen (secondary N) is 4. The lowest BCUT2D eigenvalue weighted by Gasteiger charge is -2.23. The zero-order valence-corrected chi connectivity index (χ0v) is 25.2. The second-order valence-electron chi connectivity index (χ2n) is 10.5. The first-order valence-corrected chi connectivity index (χ1v) is 14.7. The average molecular weight is 614 g/mol. The Hall–Kier alpha value is -5.32. The summed E-state index contributed by atoms with van der Waals surface area (Å²) >= 11 is 0. The molecule has 0 radical (unpaired) electrons. The van der Waals surface area contributed by atoms with E-state index in [0.717, 1.165) is 27.8 Å². The van der Waals surface area contributed by atoms with E-state index in [2.05, 4.69) is 22.5 Å². The molecular weight excluding hydrogens is 574 g/mol. The second kappa shape index (κ2) is 15.9. The first-order chi connectivity index (χ1) is 21.8. The van der Waals surface area contributed by atoms with Crippen LogP contribution in [0.3, 0.4) is 0 Å². The fourth-order valence-electron chi connectivity index (χ4n) is 5.30. The maximum absolute atomic E-state index is 13.5. The topological polar surface area (TPSA) is 165 Å². The molecule has 0 fully saturated rings. The third-order valence-corrected chi connectivity index (χ3v) is 7.47. The van der Waals surface area contributed by atoms with Gasteiger partial charge in [-0.3, -0.25) is 10.2 Å². The smallest absolute Gasteiger partial charge is 0.407 e. The van der Waals surface area contributed by atoms with Crippen LogP contribution >= 0.6 is 0 Å². The van der Waals surface area contributed by atoms with E-state index in [9.17, 15) is 14.4 Å². The summed E-state index contributed by atoms with van der Waals surface area (Å²) in [5.74, 6) is -0.912. The molecule has 0 unspecified atom stereocenters. The monoisotopic (exact) mass is 613 g/mol. The van der Waals surface area contributed by atoms with Gasteiger partial charge in [0, 0.05) is 18.9 Å². The van der Waals surface area contributed by atoms with Gasteiger partial charge in [0.15, 0.2) is 5.96 Å². The molecule has 0 heterocycles. The molecule has 11 heteroatoms. The third-order valence-electron chi connectivity index (χ3n) is 7.47. The number of ether oxygens (including phenoxy) is 3. The van der Waals surface area contributed by atoms with Gasteiger partial charge in [-0.2, -0.15) is 0 Å². The zero-order chi connectivity index (χ0) is 32.2. The minimum atomic E-state index is -1.03. The summed E-state index contributed by atoms with van der Waals surface area (Å²) in [6.07, 6.45) is 1.63. The standard InChI is InChI=1S/C34H39N5O6/c1-3-19-44-23-16-14-22(15-17-23)20-30(32(41)43-2)38-31(40)29(13-8-18-37-33(35)36)39-34(42)45-21-28-26-11-6-4-9-24(26)25-10-5-7-12-27(25)28/h3-7,9-12,14-17,28-30H,1,8,13,18-21H2,2H3,(H,38,40)(H,39,42)(H4,35,36,37)/t29-,30-/m0/s1. The molecule has 236 valence electrons. The van der Waals surface area contributed by atoms with Crippen molar-refractivity contribution < 1.29 is 28.6 Å². The molecule has 2 atom stereocenters. The van der Waals surface area contributed by atoms with E-state index in [-0.39, 0.29) is 31.3 Å². The minimum Gasteiger partial charge on any atom is -0.490 e. The molecule has 0 saturated carbocycles. The quantitative estimate of drug-likeness (QED) is 0.0570. The Morgan fingerprint density at radius 3 is 2.20 bits per heavy atom. The molecule has 3 aromatic carbocycles. The summed E-state index contributed by atoms with van der Waals surface area (Å²) in [5, 5.41) is 15.4. The van der Waals surface area contributed by atoms with Gasteiger partial charge in [-0.1, -0.05) is 73.3 Å². The number of carbonyl (C=O) groups is 3. The molecule has 3 aromatic rings. The van der Waals surface area contributed by atoms with Crippen LogP contribution in [0.15, 0.2) is 85.5 Å². The van der Waals surface area contributed by atoms with Gasteiger partial charge in [-0.15, -0.1) is 0 Å². The Morgan fingerprint density at radius 2 is 1.60 bits per heavy atom. The Kier molecular flexibility index (Phi) is 11.6. The van der Waals surface area contributed by atoms with E-state index in [4.69, 9.17) is 25.4 Å². The normalized spacial score (nSPS) is 12.9. The highest BCUT2D eigenvalue weighted by molar-refractivity contribution is 5.90. The molecule has 0 saturated heterocycles. The van der Waals surface area contributed by atoms with Crippen LogP contribution in [-0.2, 0) is 25.5 Å². The van der Waals surface area contributed by atoms with Crippen molar-refractivity contribution in [1.29, 1.82) is 5.41 Å². The summed E-state index contributed by atoms with van der Waals surface area (Å²) in [5.41, 5.74) is 10.5. The second-order valence-corrected chi connectivity index (χ2v) is 10.5. The number of amides is 2. The SMILES string of the molecule is C=CCOc1ccc(C[C@H](NC(=O)[C@H](CCCNC(=N)N)NC(=O)OCC2c3ccccc3-c3ccccc32)C(=O)OC)cc1. The van der Waals surface area contributed by atoms with Crippen molar-refractivity contribution in [2.45, 2.75) is 37.3 Å². The molecule has 1 aliphatic carbocycles. The first kappa shape index (κ1) is 32.6. The Labute approximate surface area is 262 Å². The van der Waals surface area contributed by atoms with E-state index < -0.39 is 30.1 Å². The van der Waals surface area contributed by atoms with Crippen molar-refractivity contribution in [2.75, 3.05) is 26.9 Å². The number of methoxy groups -OCH3 is 1. The van der Waals surface area contributed by atoms with Crippen LogP contribution in [0.1, 0.15) is 35.4 Å². The number of esters is 1. The molecule has 45 heavy (non-hydrogen) atoms. The summed E-state index contributed by atoms with van der Waals surface area (Å²) in [4.78, 5) is 39.2. The van der Waals surface area contributed by atoms with Crippen molar-refractivity contribution in [3.05, 3.63) is 102 Å². The fraction of sp³-hybridized carbons (Fsp3) is 0.294. The highest BCUT2D eigenvalue weighted by atomic mass is 16.5. The largest absolute Gasteiger partial charge is 0.490 e. The highest BCUT2D eigenvalue weighted by Crippen LogP contribution is 2.44. The van der Waals surface area contributed by atoms with Crippen LogP contribution in [0.25, 0.3) is 11.1 Å². The maximum atomic E-state index is 13.5. The minimum absolute atomic E-state index is 0.0807. The van der Waals surface area contributed by atoms with E-state index in [1.54, 1.807) is 30.3 Å². The first-order valence-electron chi connectivity index (χ1n) is 14.7. The summed E-state index contributed by atoms with van der Waals surface area (Å²) in [6, 6.07) is 21.1. The Balaban J connectivity index is 1.42. The highest BCUT2D eigenvalue weighted by Gasteiger charge is 2.31. The van der Waals surface area contributed by atoms with Gasteiger partial charge in [0.05, 0.1) is 7.11 Å². The van der Waals surface area contributed by atoms with E-state index in [1.165, 1.54) is 7.11 Å². The van der Waals surface area contributed by atoms with Crippen LogP contribution in [0.5, 0.6) is 5.75 Å². The van der Waals surface area contributed by atoms with Gasteiger partial charge in [0.1, 0.15) is 31.0 Å². The number of fused-ring (bicyclic) bond motifs is 3. The van der Waals surface area contributed by atoms with Crippen LogP contribution in [0.2, 0.25) is 0 Å². The van der Waals surface area contributed by atoms with Crippen LogP contribution in [0, 0.1) is 5.41 Å². The Morgan fingerprint density at radius 1 is 0.956 bits per heavy atom. The molecule has 11 nitrogen and oxygen atoms in total. The number of guanidine groups is 1. The molecule has 6 N–H and O–H groups in total. The number of alkyl carbamates (subject to hydrolysis) is 1. The number of benzene rings is 3. The molecule has 0 aliphatic heterocycles. The molecule has 0 aromatic heterocycles. The van der Waals surface area contributed by atoms with Crippen LogP contribution < -0.4 is 26.4 Å². The molecular formula is C34H39N5O6. The average Bonchev–Trinajstić information content (AvgIpc) is 3.37. The predicted molar refractivity (Wildman–Crippen MR) is 171 cm³/mol. The van der Waals surface area contributed by atoms with Crippen molar-refractivity contribution in [2.24, 2.45) is 5.73 Å². The van der Waals surface area contributed by atoms with Gasteiger partial charge in [0.25, 0.3) is 0 Å². The third kappa shape index (κ3) is 8.85. The molecule has 4 rings (SSSR count).